The Labute approximate surface area is 87.2 Å². The van der Waals surface area contributed by atoms with Gasteiger partial charge in [-0.15, -0.1) is 0 Å². The SMILES string of the molecule is CC1(OC(=O)CCI)CCCC1. The van der Waals surface area contributed by atoms with Crippen molar-refractivity contribution in [1.29, 1.82) is 0 Å². The quantitative estimate of drug-likeness (QED) is 0.452. The van der Waals surface area contributed by atoms with E-state index in [1.807, 2.05) is 6.92 Å². The summed E-state index contributed by atoms with van der Waals surface area (Å²) < 4.78 is 6.25. The highest BCUT2D eigenvalue weighted by atomic mass is 127. The maximum absolute atomic E-state index is 11.2. The number of esters is 1. The van der Waals surface area contributed by atoms with Gasteiger partial charge in [0.1, 0.15) is 5.60 Å². The Hall–Kier alpha value is 0.200. The van der Waals surface area contributed by atoms with E-state index < -0.39 is 0 Å². The van der Waals surface area contributed by atoms with Crippen LogP contribution < -0.4 is 0 Å². The molecule has 0 aromatic carbocycles. The monoisotopic (exact) mass is 282 g/mol. The molecule has 1 aliphatic rings. The molecule has 3 heteroatoms. The molecule has 1 aliphatic carbocycles. The Morgan fingerprint density at radius 3 is 2.58 bits per heavy atom. The molecular weight excluding hydrogens is 267 g/mol. The van der Waals surface area contributed by atoms with E-state index in [0.717, 1.165) is 17.3 Å². The number of carbonyl (C=O) groups is 1. The number of carbonyl (C=O) groups excluding carboxylic acids is 1. The van der Waals surface area contributed by atoms with E-state index >= 15 is 0 Å². The van der Waals surface area contributed by atoms with Crippen molar-refractivity contribution < 1.29 is 9.53 Å². The van der Waals surface area contributed by atoms with E-state index in [2.05, 4.69) is 22.6 Å². The van der Waals surface area contributed by atoms with Crippen molar-refractivity contribution in [2.45, 2.75) is 44.6 Å². The lowest BCUT2D eigenvalue weighted by molar-refractivity contribution is -0.156. The number of hydrogen-bond acceptors (Lipinski definition) is 2. The molecular formula is C9H15IO2. The molecule has 0 N–H and O–H groups in total. The fourth-order valence-electron chi connectivity index (χ4n) is 1.63. The van der Waals surface area contributed by atoms with E-state index in [1.165, 1.54) is 12.8 Å². The van der Waals surface area contributed by atoms with Crippen LogP contribution in [0.1, 0.15) is 39.0 Å². The average Bonchev–Trinajstić information content (AvgIpc) is 2.36. The molecule has 0 unspecified atom stereocenters. The zero-order valence-electron chi connectivity index (χ0n) is 7.44. The van der Waals surface area contributed by atoms with Gasteiger partial charge in [-0.1, -0.05) is 22.6 Å². The smallest absolute Gasteiger partial charge is 0.307 e. The molecule has 12 heavy (non-hydrogen) atoms. The lowest BCUT2D eigenvalue weighted by Crippen LogP contribution is -2.28. The molecule has 0 bridgehead atoms. The highest BCUT2D eigenvalue weighted by Crippen LogP contribution is 2.32. The maximum Gasteiger partial charge on any atom is 0.307 e. The Morgan fingerprint density at radius 2 is 2.08 bits per heavy atom. The van der Waals surface area contributed by atoms with Crippen LogP contribution >= 0.6 is 22.6 Å². The molecule has 0 saturated heterocycles. The second-order valence-corrected chi connectivity index (χ2v) is 4.65. The minimum atomic E-state index is -0.136. The molecule has 0 radical (unpaired) electrons. The summed E-state index contributed by atoms with van der Waals surface area (Å²) in [6.07, 6.45) is 5.04. The lowest BCUT2D eigenvalue weighted by atomic mass is 10.1. The number of ether oxygens (including phenoxy) is 1. The van der Waals surface area contributed by atoms with Crippen molar-refractivity contribution in [3.05, 3.63) is 0 Å². The van der Waals surface area contributed by atoms with Crippen molar-refractivity contribution in [3.8, 4) is 0 Å². The summed E-state index contributed by atoms with van der Waals surface area (Å²) in [7, 11) is 0. The van der Waals surface area contributed by atoms with Crippen molar-refractivity contribution in [1.82, 2.24) is 0 Å². The predicted molar refractivity (Wildman–Crippen MR) is 56.5 cm³/mol. The molecule has 0 aliphatic heterocycles. The number of hydrogen-bond donors (Lipinski definition) is 0. The first kappa shape index (κ1) is 10.3. The summed E-state index contributed by atoms with van der Waals surface area (Å²) in [5.74, 6) is -0.0335. The Balaban J connectivity index is 2.33. The van der Waals surface area contributed by atoms with Gasteiger partial charge in [-0.05, 0) is 32.6 Å². The van der Waals surface area contributed by atoms with Crippen molar-refractivity contribution in [3.63, 3.8) is 0 Å². The largest absolute Gasteiger partial charge is 0.459 e. The summed E-state index contributed by atoms with van der Waals surface area (Å²) in [6.45, 7) is 2.05. The second-order valence-electron chi connectivity index (χ2n) is 3.57. The Kier molecular flexibility index (Phi) is 3.80. The summed E-state index contributed by atoms with van der Waals surface area (Å²) in [4.78, 5) is 11.2. The maximum atomic E-state index is 11.2. The third-order valence-electron chi connectivity index (χ3n) is 2.32. The lowest BCUT2D eigenvalue weighted by Gasteiger charge is -2.23. The average molecular weight is 282 g/mol. The van der Waals surface area contributed by atoms with Gasteiger partial charge in [0.05, 0.1) is 6.42 Å². The van der Waals surface area contributed by atoms with Crippen LogP contribution in [0.2, 0.25) is 0 Å². The van der Waals surface area contributed by atoms with Crippen LogP contribution in [-0.2, 0) is 9.53 Å². The molecule has 0 amide bonds. The van der Waals surface area contributed by atoms with Crippen LogP contribution in [0.25, 0.3) is 0 Å². The number of rotatable bonds is 3. The normalized spacial score (nSPS) is 20.8. The Bertz CT molecular complexity index is 162. The van der Waals surface area contributed by atoms with Gasteiger partial charge in [-0.3, -0.25) is 4.79 Å². The van der Waals surface area contributed by atoms with Gasteiger partial charge in [-0.25, -0.2) is 0 Å². The van der Waals surface area contributed by atoms with Crippen LogP contribution in [-0.4, -0.2) is 16.0 Å². The van der Waals surface area contributed by atoms with Crippen molar-refractivity contribution in [2.75, 3.05) is 4.43 Å². The molecule has 0 aromatic rings. The number of halogens is 1. The van der Waals surface area contributed by atoms with Crippen LogP contribution in [0, 0.1) is 0 Å². The van der Waals surface area contributed by atoms with Crippen molar-refractivity contribution in [2.24, 2.45) is 0 Å². The van der Waals surface area contributed by atoms with Crippen molar-refractivity contribution >= 4 is 28.6 Å². The highest BCUT2D eigenvalue weighted by molar-refractivity contribution is 14.1. The molecule has 2 nitrogen and oxygen atoms in total. The summed E-state index contributed by atoms with van der Waals surface area (Å²) in [5, 5.41) is 0. The highest BCUT2D eigenvalue weighted by Gasteiger charge is 2.32. The van der Waals surface area contributed by atoms with Gasteiger partial charge >= 0.3 is 5.97 Å². The number of alkyl halides is 1. The summed E-state index contributed by atoms with van der Waals surface area (Å²) in [6, 6.07) is 0. The zero-order chi connectivity index (χ0) is 9.03. The molecule has 0 spiro atoms. The second kappa shape index (κ2) is 4.44. The van der Waals surface area contributed by atoms with Gasteiger partial charge in [0.25, 0.3) is 0 Å². The molecule has 0 heterocycles. The first-order valence-corrected chi connectivity index (χ1v) is 5.97. The third-order valence-corrected chi connectivity index (χ3v) is 2.86. The predicted octanol–water partition coefficient (Wildman–Crippen LogP) is 2.69. The van der Waals surface area contributed by atoms with E-state index in [4.69, 9.17) is 4.74 Å². The van der Waals surface area contributed by atoms with Gasteiger partial charge in [0.15, 0.2) is 0 Å². The fourth-order valence-corrected chi connectivity index (χ4v) is 2.07. The van der Waals surface area contributed by atoms with Crippen LogP contribution in [0.15, 0.2) is 0 Å². The minimum Gasteiger partial charge on any atom is -0.459 e. The zero-order valence-corrected chi connectivity index (χ0v) is 9.59. The van der Waals surface area contributed by atoms with Gasteiger partial charge < -0.3 is 4.74 Å². The van der Waals surface area contributed by atoms with Crippen LogP contribution in [0.4, 0.5) is 0 Å². The Morgan fingerprint density at radius 1 is 1.50 bits per heavy atom. The van der Waals surface area contributed by atoms with Gasteiger partial charge in [0.2, 0.25) is 0 Å². The molecule has 1 fully saturated rings. The van der Waals surface area contributed by atoms with E-state index in [-0.39, 0.29) is 11.6 Å². The van der Waals surface area contributed by atoms with E-state index in [0.29, 0.717) is 6.42 Å². The molecule has 70 valence electrons. The molecule has 0 aromatic heterocycles. The first-order valence-electron chi connectivity index (χ1n) is 4.44. The summed E-state index contributed by atoms with van der Waals surface area (Å²) in [5.41, 5.74) is -0.136. The first-order chi connectivity index (χ1) is 5.66. The minimum absolute atomic E-state index is 0.0335. The summed E-state index contributed by atoms with van der Waals surface area (Å²) >= 11 is 2.19. The standard InChI is InChI=1S/C9H15IO2/c1-9(5-2-3-6-9)12-8(11)4-7-10/h2-7H2,1H3. The fraction of sp³-hybridized carbons (Fsp3) is 0.889. The molecule has 1 rings (SSSR count). The van der Waals surface area contributed by atoms with Gasteiger partial charge in [0, 0.05) is 4.43 Å². The van der Waals surface area contributed by atoms with E-state index in [9.17, 15) is 4.79 Å². The van der Waals surface area contributed by atoms with Crippen LogP contribution in [0.3, 0.4) is 0 Å². The third kappa shape index (κ3) is 2.92. The van der Waals surface area contributed by atoms with Gasteiger partial charge in [-0.2, -0.15) is 0 Å². The molecule has 1 saturated carbocycles. The topological polar surface area (TPSA) is 26.3 Å². The van der Waals surface area contributed by atoms with E-state index in [1.54, 1.807) is 0 Å². The molecule has 0 atom stereocenters. The van der Waals surface area contributed by atoms with Crippen LogP contribution in [0.5, 0.6) is 0 Å².